The number of H-pyrrole nitrogens is 1. The van der Waals surface area contributed by atoms with E-state index in [9.17, 15) is 9.18 Å². The number of ether oxygens (including phenoxy) is 1. The first-order valence-electron chi connectivity index (χ1n) is 10.6. The van der Waals surface area contributed by atoms with Gasteiger partial charge in [-0.25, -0.2) is 4.39 Å². The van der Waals surface area contributed by atoms with Crippen LogP contribution in [0.25, 0.3) is 11.3 Å². The lowest BCUT2D eigenvalue weighted by Crippen LogP contribution is -2.30. The second-order valence-corrected chi connectivity index (χ2v) is 9.01. The number of nitrogens with one attached hydrogen (secondary N) is 1. The molecule has 7 nitrogen and oxygen atoms in total. The van der Waals surface area contributed by atoms with E-state index < -0.39 is 11.9 Å². The third kappa shape index (κ3) is 3.38. The van der Waals surface area contributed by atoms with Crippen LogP contribution in [0.3, 0.4) is 0 Å². The third-order valence-electron chi connectivity index (χ3n) is 5.88. The van der Waals surface area contributed by atoms with Gasteiger partial charge in [0.05, 0.1) is 13.2 Å². The molecule has 0 radical (unpaired) electrons. The molecule has 2 aromatic heterocycles. The highest BCUT2D eigenvalue weighted by Gasteiger charge is 2.45. The lowest BCUT2D eigenvalue weighted by molar-refractivity contribution is 0.0988. The van der Waals surface area contributed by atoms with E-state index in [1.165, 1.54) is 25.5 Å². The van der Waals surface area contributed by atoms with Crippen molar-refractivity contribution >= 4 is 11.6 Å². The summed E-state index contributed by atoms with van der Waals surface area (Å²) in [5.74, 6) is -0.278. The van der Waals surface area contributed by atoms with Crippen molar-refractivity contribution in [1.29, 1.82) is 0 Å². The Morgan fingerprint density at radius 1 is 1.12 bits per heavy atom. The van der Waals surface area contributed by atoms with E-state index >= 15 is 0 Å². The van der Waals surface area contributed by atoms with Crippen LogP contribution in [0.4, 0.5) is 10.1 Å². The first-order chi connectivity index (χ1) is 15.8. The Kier molecular flexibility index (Phi) is 4.81. The predicted molar refractivity (Wildman–Crippen MR) is 121 cm³/mol. The van der Waals surface area contributed by atoms with Gasteiger partial charge in [-0.05, 0) is 24.3 Å². The minimum atomic E-state index is -0.533. The second-order valence-electron chi connectivity index (χ2n) is 9.01. The van der Waals surface area contributed by atoms with Crippen molar-refractivity contribution < 1.29 is 18.4 Å². The molecule has 1 amide bonds. The number of methoxy groups -OCH3 is 1. The van der Waals surface area contributed by atoms with Crippen LogP contribution in [0.2, 0.25) is 0 Å². The van der Waals surface area contributed by atoms with E-state index in [4.69, 9.17) is 9.26 Å². The predicted octanol–water partition coefficient (Wildman–Crippen LogP) is 5.26. The smallest absolute Gasteiger partial charge is 0.280 e. The maximum atomic E-state index is 14.0. The maximum Gasteiger partial charge on any atom is 0.280 e. The number of hydrogen-bond donors (Lipinski definition) is 1. The Balaban J connectivity index is 1.68. The molecule has 33 heavy (non-hydrogen) atoms. The van der Waals surface area contributed by atoms with E-state index in [0.29, 0.717) is 28.4 Å². The van der Waals surface area contributed by atoms with Gasteiger partial charge in [0.2, 0.25) is 0 Å². The summed E-state index contributed by atoms with van der Waals surface area (Å²) in [5.41, 5.74) is 4.62. The van der Waals surface area contributed by atoms with E-state index in [1.54, 1.807) is 17.0 Å². The summed E-state index contributed by atoms with van der Waals surface area (Å²) in [7, 11) is 1.49. The number of hydrogen-bond acceptors (Lipinski definition) is 5. The highest BCUT2D eigenvalue weighted by Crippen LogP contribution is 2.47. The molecule has 1 N–H and O–H groups in total. The number of nitrogens with zero attached hydrogens (tertiary/aromatic N) is 3. The fourth-order valence-corrected chi connectivity index (χ4v) is 4.34. The van der Waals surface area contributed by atoms with Crippen molar-refractivity contribution in [3.05, 3.63) is 83.1 Å². The molecule has 8 heteroatoms. The normalized spacial score (nSPS) is 15.7. The molecular weight excluding hydrogens is 423 g/mol. The minimum Gasteiger partial charge on any atom is -0.496 e. The number of anilines is 1. The largest absolute Gasteiger partial charge is 0.496 e. The number of aromatic nitrogens is 3. The number of benzene rings is 2. The van der Waals surface area contributed by atoms with E-state index in [0.717, 1.165) is 16.8 Å². The van der Waals surface area contributed by atoms with Crippen LogP contribution in [-0.2, 0) is 5.41 Å². The van der Waals surface area contributed by atoms with Crippen LogP contribution < -0.4 is 9.64 Å². The monoisotopic (exact) mass is 446 g/mol. The van der Waals surface area contributed by atoms with Gasteiger partial charge in [0, 0.05) is 45.6 Å². The van der Waals surface area contributed by atoms with Gasteiger partial charge in [0.25, 0.3) is 5.91 Å². The van der Waals surface area contributed by atoms with Gasteiger partial charge in [-0.15, -0.1) is 0 Å². The number of rotatable bonds is 4. The molecule has 2 aromatic carbocycles. The Morgan fingerprint density at radius 3 is 2.52 bits per heavy atom. The molecule has 1 aliphatic rings. The molecule has 0 spiro atoms. The fraction of sp³-hybridized carbons (Fsp3) is 0.240. The van der Waals surface area contributed by atoms with Crippen LogP contribution in [0.5, 0.6) is 5.75 Å². The van der Waals surface area contributed by atoms with Crippen LogP contribution in [-0.4, -0.2) is 28.4 Å². The van der Waals surface area contributed by atoms with Crippen molar-refractivity contribution in [2.75, 3.05) is 12.0 Å². The van der Waals surface area contributed by atoms with Crippen LogP contribution in [0.15, 0.2) is 59.3 Å². The Morgan fingerprint density at radius 2 is 1.88 bits per heavy atom. The quantitative estimate of drug-likeness (QED) is 0.462. The average molecular weight is 446 g/mol. The van der Waals surface area contributed by atoms with Crippen molar-refractivity contribution in [2.24, 2.45) is 0 Å². The van der Waals surface area contributed by atoms with E-state index in [-0.39, 0.29) is 11.3 Å². The van der Waals surface area contributed by atoms with Crippen LogP contribution in [0, 0.1) is 5.82 Å². The molecule has 0 bridgehead atoms. The molecule has 0 fully saturated rings. The molecule has 1 unspecified atom stereocenters. The number of aromatic amines is 1. The molecule has 0 saturated heterocycles. The Hall–Kier alpha value is -3.94. The fourth-order valence-electron chi connectivity index (χ4n) is 4.34. The third-order valence-corrected chi connectivity index (χ3v) is 5.88. The molecular formula is C25H23FN4O3. The summed E-state index contributed by atoms with van der Waals surface area (Å²) >= 11 is 0. The van der Waals surface area contributed by atoms with Gasteiger partial charge >= 0.3 is 0 Å². The van der Waals surface area contributed by atoms with E-state index in [1.807, 2.05) is 24.3 Å². The standard InChI is InChI=1S/C25H23FN4O3/c1-25(2,3)23-20-21(27-28-23)24(31)30(22(20)17-10-7-15(26)13-19(17)32-4)16-8-5-14(6-9-16)18-11-12-33-29-18/h5-13,22H,1-4H3,(H,27,28). The topological polar surface area (TPSA) is 84.2 Å². The molecule has 4 aromatic rings. The first kappa shape index (κ1) is 20.9. The summed E-state index contributed by atoms with van der Waals surface area (Å²) in [4.78, 5) is 15.3. The highest BCUT2D eigenvalue weighted by atomic mass is 19.1. The SMILES string of the molecule is COc1cc(F)ccc1C1c2c(n[nH]c2C(C)(C)C)C(=O)N1c1ccc(-c2ccon2)cc1. The van der Waals surface area contributed by atoms with Crippen molar-refractivity contribution in [1.82, 2.24) is 15.4 Å². The second kappa shape index (κ2) is 7.58. The average Bonchev–Trinajstić information content (AvgIpc) is 3.51. The summed E-state index contributed by atoms with van der Waals surface area (Å²) in [6, 6.07) is 13.1. The number of carbonyl (C=O) groups is 1. The molecule has 1 aliphatic heterocycles. The van der Waals surface area contributed by atoms with Gasteiger partial charge in [0.1, 0.15) is 23.5 Å². The Bertz CT molecular complexity index is 1320. The van der Waals surface area contributed by atoms with Gasteiger partial charge in [-0.2, -0.15) is 5.10 Å². The molecule has 1 atom stereocenters. The summed E-state index contributed by atoms with van der Waals surface area (Å²) < 4.78 is 24.5. The lowest BCUT2D eigenvalue weighted by Gasteiger charge is -2.29. The summed E-state index contributed by atoms with van der Waals surface area (Å²) in [5, 5.41) is 11.4. The van der Waals surface area contributed by atoms with Crippen molar-refractivity contribution in [3.63, 3.8) is 0 Å². The zero-order valence-corrected chi connectivity index (χ0v) is 18.7. The van der Waals surface area contributed by atoms with Gasteiger partial charge < -0.3 is 9.26 Å². The number of halogens is 1. The minimum absolute atomic E-state index is 0.234. The van der Waals surface area contributed by atoms with Gasteiger partial charge in [-0.1, -0.05) is 38.1 Å². The van der Waals surface area contributed by atoms with Crippen molar-refractivity contribution in [3.8, 4) is 17.0 Å². The number of amides is 1. The van der Waals surface area contributed by atoms with Crippen molar-refractivity contribution in [2.45, 2.75) is 32.2 Å². The van der Waals surface area contributed by atoms with Crippen LogP contribution in [0.1, 0.15) is 54.1 Å². The first-order valence-corrected chi connectivity index (χ1v) is 10.6. The van der Waals surface area contributed by atoms with E-state index in [2.05, 4.69) is 36.1 Å². The highest BCUT2D eigenvalue weighted by molar-refractivity contribution is 6.11. The molecule has 168 valence electrons. The number of carbonyl (C=O) groups excluding carboxylic acids is 1. The Labute approximate surface area is 190 Å². The molecule has 0 saturated carbocycles. The zero-order chi connectivity index (χ0) is 23.3. The maximum absolute atomic E-state index is 14.0. The summed E-state index contributed by atoms with van der Waals surface area (Å²) in [6.45, 7) is 6.17. The van der Waals surface area contributed by atoms with Crippen LogP contribution >= 0.6 is 0 Å². The lowest BCUT2D eigenvalue weighted by atomic mass is 9.85. The van der Waals surface area contributed by atoms with Gasteiger partial charge in [-0.3, -0.25) is 14.8 Å². The molecule has 3 heterocycles. The molecule has 0 aliphatic carbocycles. The number of fused-ring (bicyclic) bond motifs is 1. The summed E-state index contributed by atoms with van der Waals surface area (Å²) in [6.07, 6.45) is 1.51. The zero-order valence-electron chi connectivity index (χ0n) is 18.7. The molecule has 5 rings (SSSR count). The van der Waals surface area contributed by atoms with Gasteiger partial charge in [0.15, 0.2) is 5.69 Å².